The smallest absolute Gasteiger partial charge is 0.311 e. The summed E-state index contributed by atoms with van der Waals surface area (Å²) >= 11 is 4.00. The van der Waals surface area contributed by atoms with Crippen molar-refractivity contribution in [3.8, 4) is 0 Å². The number of ketones is 1. The van der Waals surface area contributed by atoms with E-state index in [4.69, 9.17) is 5.11 Å². The van der Waals surface area contributed by atoms with Crippen LogP contribution in [-0.4, -0.2) is 16.9 Å². The number of carboxylic acids is 1. The summed E-state index contributed by atoms with van der Waals surface area (Å²) in [6.45, 7) is 3.48. The van der Waals surface area contributed by atoms with E-state index >= 15 is 0 Å². The summed E-state index contributed by atoms with van der Waals surface area (Å²) in [6, 6.07) is 0. The fourth-order valence-corrected chi connectivity index (χ4v) is 1.18. The summed E-state index contributed by atoms with van der Waals surface area (Å²) < 4.78 is 0. The lowest BCUT2D eigenvalue weighted by molar-refractivity contribution is -0.139. The summed E-state index contributed by atoms with van der Waals surface area (Å²) in [4.78, 5) is 21.9. The normalized spacial score (nSPS) is 12.2. The second-order valence-electron chi connectivity index (χ2n) is 2.41. The van der Waals surface area contributed by atoms with Gasteiger partial charge in [-0.3, -0.25) is 9.59 Å². The van der Waals surface area contributed by atoms with Crippen molar-refractivity contribution in [2.45, 2.75) is 26.7 Å². The topological polar surface area (TPSA) is 54.4 Å². The molecule has 12 heavy (non-hydrogen) atoms. The summed E-state index contributed by atoms with van der Waals surface area (Å²) in [5.41, 5.74) is 0.501. The van der Waals surface area contributed by atoms with E-state index < -0.39 is 12.4 Å². The molecule has 0 rings (SSSR count). The van der Waals surface area contributed by atoms with E-state index in [0.29, 0.717) is 16.9 Å². The molecule has 0 bridgehead atoms. The van der Waals surface area contributed by atoms with Gasteiger partial charge < -0.3 is 5.11 Å². The predicted molar refractivity (Wildman–Crippen MR) is 49.2 cm³/mol. The van der Waals surface area contributed by atoms with Gasteiger partial charge in [0.1, 0.15) is 6.42 Å². The highest BCUT2D eigenvalue weighted by atomic mass is 32.1. The Hall–Kier alpha value is -0.770. The van der Waals surface area contributed by atoms with Crippen LogP contribution >= 0.6 is 12.6 Å². The quantitative estimate of drug-likeness (QED) is 0.400. The van der Waals surface area contributed by atoms with Gasteiger partial charge in [-0.15, -0.1) is 12.6 Å². The third-order valence-electron chi connectivity index (χ3n) is 1.44. The van der Waals surface area contributed by atoms with Gasteiger partial charge in [0.15, 0.2) is 5.78 Å². The zero-order chi connectivity index (χ0) is 9.72. The Morgan fingerprint density at radius 3 is 2.17 bits per heavy atom. The molecular weight excluding hydrogens is 176 g/mol. The number of hydrogen-bond acceptors (Lipinski definition) is 3. The van der Waals surface area contributed by atoms with Gasteiger partial charge in [0, 0.05) is 5.57 Å². The third kappa shape index (κ3) is 3.57. The lowest BCUT2D eigenvalue weighted by Gasteiger charge is -2.02. The number of hydrogen-bond donors (Lipinski definition) is 2. The molecule has 0 spiro atoms. The first-order valence-corrected chi connectivity index (χ1v) is 4.07. The molecule has 0 aliphatic rings. The maximum Gasteiger partial charge on any atom is 0.311 e. The van der Waals surface area contributed by atoms with Crippen molar-refractivity contribution in [3.63, 3.8) is 0 Å². The Morgan fingerprint density at radius 1 is 1.42 bits per heavy atom. The van der Waals surface area contributed by atoms with Crippen molar-refractivity contribution in [3.05, 3.63) is 10.5 Å². The first kappa shape index (κ1) is 11.2. The van der Waals surface area contributed by atoms with Gasteiger partial charge in [0.25, 0.3) is 0 Å². The van der Waals surface area contributed by atoms with E-state index in [1.54, 1.807) is 13.8 Å². The van der Waals surface area contributed by atoms with Crippen LogP contribution in [0.15, 0.2) is 10.5 Å². The Morgan fingerprint density at radius 2 is 1.92 bits per heavy atom. The molecule has 0 saturated carbocycles. The van der Waals surface area contributed by atoms with E-state index in [1.807, 2.05) is 0 Å². The number of carbonyl (C=O) groups is 2. The van der Waals surface area contributed by atoms with E-state index in [-0.39, 0.29) is 5.78 Å². The highest BCUT2D eigenvalue weighted by Crippen LogP contribution is 2.14. The second-order valence-corrected chi connectivity index (χ2v) is 3.08. The Kier molecular flexibility index (Phi) is 4.66. The van der Waals surface area contributed by atoms with Crippen LogP contribution in [0.25, 0.3) is 0 Å². The van der Waals surface area contributed by atoms with Crippen LogP contribution in [0.5, 0.6) is 0 Å². The van der Waals surface area contributed by atoms with Crippen molar-refractivity contribution in [2.75, 3.05) is 0 Å². The third-order valence-corrected chi connectivity index (χ3v) is 1.71. The maximum atomic E-state index is 11.1. The Bertz CT molecular complexity index is 226. The van der Waals surface area contributed by atoms with E-state index in [0.717, 1.165) is 0 Å². The molecule has 0 aromatic heterocycles. The van der Waals surface area contributed by atoms with Crippen LogP contribution in [0.3, 0.4) is 0 Å². The van der Waals surface area contributed by atoms with Crippen molar-refractivity contribution >= 4 is 24.4 Å². The average Bonchev–Trinajstić information content (AvgIpc) is 1.85. The Balaban J connectivity index is 4.45. The van der Waals surface area contributed by atoms with Crippen molar-refractivity contribution in [1.29, 1.82) is 0 Å². The molecule has 0 heterocycles. The molecule has 0 aliphatic carbocycles. The fraction of sp³-hybridized carbons (Fsp3) is 0.500. The lowest BCUT2D eigenvalue weighted by atomic mass is 10.1. The predicted octanol–water partition coefficient (Wildman–Crippen LogP) is 1.64. The number of allylic oxidation sites excluding steroid dienone is 2. The molecule has 0 atom stereocenters. The number of carbonyl (C=O) groups excluding carboxylic acids is 1. The summed E-state index contributed by atoms with van der Waals surface area (Å²) in [5, 5.41) is 8.34. The summed E-state index contributed by atoms with van der Waals surface area (Å²) in [7, 11) is 0. The van der Waals surface area contributed by atoms with Gasteiger partial charge in [-0.25, -0.2) is 0 Å². The van der Waals surface area contributed by atoms with Crippen molar-refractivity contribution < 1.29 is 14.7 Å². The minimum atomic E-state index is -1.10. The number of Topliss-reactive ketones (excluding diaryl/α,β-unsaturated/α-hetero) is 1. The molecule has 3 nitrogen and oxygen atoms in total. The van der Waals surface area contributed by atoms with Crippen LogP contribution in [0.2, 0.25) is 0 Å². The van der Waals surface area contributed by atoms with Gasteiger partial charge >= 0.3 is 5.97 Å². The number of aliphatic carboxylic acids is 1. The highest BCUT2D eigenvalue weighted by molar-refractivity contribution is 7.84. The first-order valence-electron chi connectivity index (χ1n) is 3.62. The van der Waals surface area contributed by atoms with Crippen LogP contribution < -0.4 is 0 Å². The standard InChI is InChI=1S/C8H12O3S/c1-3-6(5(2)12)7(9)4-8(10)11/h12H,3-4H2,1-2H3,(H,10,11). The van der Waals surface area contributed by atoms with Gasteiger partial charge in [0.2, 0.25) is 0 Å². The zero-order valence-corrected chi connectivity index (χ0v) is 8.02. The van der Waals surface area contributed by atoms with Crippen molar-refractivity contribution in [1.82, 2.24) is 0 Å². The summed E-state index contributed by atoms with van der Waals surface area (Å²) in [6.07, 6.45) is 0.0858. The average molecular weight is 188 g/mol. The van der Waals surface area contributed by atoms with E-state index in [1.165, 1.54) is 0 Å². The minimum Gasteiger partial charge on any atom is -0.481 e. The molecule has 68 valence electrons. The van der Waals surface area contributed by atoms with Crippen LogP contribution in [-0.2, 0) is 9.59 Å². The SMILES string of the molecule is CCC(C(=O)CC(=O)O)=C(C)S. The van der Waals surface area contributed by atoms with Crippen molar-refractivity contribution in [2.24, 2.45) is 0 Å². The molecule has 0 fully saturated rings. The molecule has 0 unspecified atom stereocenters. The maximum absolute atomic E-state index is 11.1. The van der Waals surface area contributed by atoms with Crippen LogP contribution in [0, 0.1) is 0 Å². The molecule has 0 aromatic carbocycles. The zero-order valence-electron chi connectivity index (χ0n) is 7.13. The molecule has 0 radical (unpaired) electrons. The number of thiol groups is 1. The van der Waals surface area contributed by atoms with Gasteiger partial charge in [-0.05, 0) is 18.2 Å². The molecule has 1 N–H and O–H groups in total. The van der Waals surface area contributed by atoms with Gasteiger partial charge in [0.05, 0.1) is 0 Å². The molecule has 0 aliphatic heterocycles. The van der Waals surface area contributed by atoms with Crippen LogP contribution in [0.4, 0.5) is 0 Å². The summed E-state index contributed by atoms with van der Waals surface area (Å²) in [5.74, 6) is -1.45. The van der Waals surface area contributed by atoms with Gasteiger partial charge in [-0.1, -0.05) is 6.92 Å². The number of rotatable bonds is 4. The monoisotopic (exact) mass is 188 g/mol. The molecule has 0 amide bonds. The Labute approximate surface area is 76.9 Å². The fourth-order valence-electron chi connectivity index (χ4n) is 0.899. The minimum absolute atomic E-state index is 0.350. The molecule has 4 heteroatoms. The second kappa shape index (κ2) is 4.98. The van der Waals surface area contributed by atoms with Gasteiger partial charge in [-0.2, -0.15) is 0 Å². The van der Waals surface area contributed by atoms with E-state index in [2.05, 4.69) is 12.6 Å². The largest absolute Gasteiger partial charge is 0.481 e. The number of carboxylic acid groups (broad SMARTS) is 1. The van der Waals surface area contributed by atoms with Crippen LogP contribution in [0.1, 0.15) is 26.7 Å². The van der Waals surface area contributed by atoms with E-state index in [9.17, 15) is 9.59 Å². The molecule has 0 aromatic rings. The molecular formula is C8H12O3S. The lowest BCUT2D eigenvalue weighted by Crippen LogP contribution is -2.09. The first-order chi connectivity index (χ1) is 5.49. The highest BCUT2D eigenvalue weighted by Gasteiger charge is 2.12. The molecule has 0 saturated heterocycles.